The SMILES string of the molecule is NCc1nnn(C2CCS(=O)(=O)CC2)c1C(=O)O. The number of nitrogens with zero attached hydrogens (tertiary/aromatic N) is 3. The van der Waals surface area contributed by atoms with Gasteiger partial charge in [-0.25, -0.2) is 17.9 Å². The van der Waals surface area contributed by atoms with Crippen LogP contribution in [-0.2, 0) is 16.4 Å². The van der Waals surface area contributed by atoms with Crippen LogP contribution >= 0.6 is 0 Å². The lowest BCUT2D eigenvalue weighted by atomic mass is 10.1. The quantitative estimate of drug-likeness (QED) is 0.737. The van der Waals surface area contributed by atoms with E-state index in [4.69, 9.17) is 10.8 Å². The Bertz CT molecular complexity index is 551. The van der Waals surface area contributed by atoms with Gasteiger partial charge in [-0.15, -0.1) is 5.10 Å². The highest BCUT2D eigenvalue weighted by molar-refractivity contribution is 7.91. The zero-order chi connectivity index (χ0) is 13.3. The van der Waals surface area contributed by atoms with Crippen molar-refractivity contribution in [2.45, 2.75) is 25.4 Å². The van der Waals surface area contributed by atoms with Crippen LogP contribution < -0.4 is 5.73 Å². The fraction of sp³-hybridized carbons (Fsp3) is 0.667. The predicted octanol–water partition coefficient (Wildman–Crippen LogP) is -0.815. The van der Waals surface area contributed by atoms with Gasteiger partial charge in [-0.3, -0.25) is 0 Å². The van der Waals surface area contributed by atoms with Gasteiger partial charge in [-0.2, -0.15) is 0 Å². The molecular weight excluding hydrogens is 260 g/mol. The third-order valence-corrected chi connectivity index (χ3v) is 4.75. The van der Waals surface area contributed by atoms with Crippen LogP contribution in [0.15, 0.2) is 0 Å². The van der Waals surface area contributed by atoms with Crippen molar-refractivity contribution in [3.05, 3.63) is 11.4 Å². The molecule has 1 saturated heterocycles. The van der Waals surface area contributed by atoms with E-state index in [1.54, 1.807) is 0 Å². The Hall–Kier alpha value is -1.48. The van der Waals surface area contributed by atoms with Crippen molar-refractivity contribution >= 4 is 15.8 Å². The van der Waals surface area contributed by atoms with Crippen molar-refractivity contribution in [3.8, 4) is 0 Å². The number of carboxylic acids is 1. The zero-order valence-electron chi connectivity index (χ0n) is 9.61. The van der Waals surface area contributed by atoms with Crippen molar-refractivity contribution < 1.29 is 18.3 Å². The molecule has 0 spiro atoms. The van der Waals surface area contributed by atoms with Crippen molar-refractivity contribution in [2.75, 3.05) is 11.5 Å². The molecule has 0 unspecified atom stereocenters. The summed E-state index contributed by atoms with van der Waals surface area (Å²) in [7, 11) is -2.99. The van der Waals surface area contributed by atoms with Crippen LogP contribution in [0.5, 0.6) is 0 Å². The summed E-state index contributed by atoms with van der Waals surface area (Å²) in [6.07, 6.45) is 0.714. The first-order chi connectivity index (χ1) is 8.44. The number of aromatic nitrogens is 3. The number of sulfone groups is 1. The van der Waals surface area contributed by atoms with Gasteiger partial charge in [0.2, 0.25) is 0 Å². The van der Waals surface area contributed by atoms with Crippen LogP contribution in [0.4, 0.5) is 0 Å². The van der Waals surface area contributed by atoms with E-state index in [1.165, 1.54) is 4.68 Å². The third kappa shape index (κ3) is 2.36. The smallest absolute Gasteiger partial charge is 0.356 e. The fourth-order valence-corrected chi connectivity index (χ4v) is 3.53. The molecule has 100 valence electrons. The standard InChI is InChI=1S/C9H14N4O4S/c10-5-7-8(9(14)15)13(12-11-7)6-1-3-18(16,17)4-2-6/h6H,1-5,10H2,(H,14,15). The Labute approximate surface area is 104 Å². The third-order valence-electron chi connectivity index (χ3n) is 3.03. The molecule has 9 heteroatoms. The van der Waals surface area contributed by atoms with E-state index in [0.29, 0.717) is 12.8 Å². The normalized spacial score (nSPS) is 19.8. The lowest BCUT2D eigenvalue weighted by molar-refractivity contribution is 0.0678. The van der Waals surface area contributed by atoms with Crippen LogP contribution in [0, 0.1) is 0 Å². The van der Waals surface area contributed by atoms with Crippen molar-refractivity contribution in [1.29, 1.82) is 0 Å². The molecule has 0 aliphatic carbocycles. The predicted molar refractivity (Wildman–Crippen MR) is 61.8 cm³/mol. The summed E-state index contributed by atoms with van der Waals surface area (Å²) >= 11 is 0. The average Bonchev–Trinajstić information content (AvgIpc) is 2.72. The first kappa shape index (κ1) is 13.0. The lowest BCUT2D eigenvalue weighted by Gasteiger charge is -2.22. The highest BCUT2D eigenvalue weighted by Crippen LogP contribution is 2.25. The maximum absolute atomic E-state index is 11.3. The Balaban J connectivity index is 2.29. The summed E-state index contributed by atoms with van der Waals surface area (Å²) in [6, 6.07) is -0.243. The molecule has 1 aromatic rings. The van der Waals surface area contributed by atoms with Gasteiger partial charge in [0.1, 0.15) is 15.5 Å². The number of carboxylic acid groups (broad SMARTS) is 1. The highest BCUT2D eigenvalue weighted by atomic mass is 32.2. The topological polar surface area (TPSA) is 128 Å². The average molecular weight is 274 g/mol. The maximum Gasteiger partial charge on any atom is 0.356 e. The minimum atomic E-state index is -2.99. The first-order valence-electron chi connectivity index (χ1n) is 5.52. The summed E-state index contributed by atoms with van der Waals surface area (Å²) in [5.74, 6) is -1.04. The molecule has 2 rings (SSSR count). The summed E-state index contributed by atoms with van der Waals surface area (Å²) in [5.41, 5.74) is 5.58. The fourth-order valence-electron chi connectivity index (χ4n) is 2.06. The monoisotopic (exact) mass is 274 g/mol. The molecule has 0 saturated carbocycles. The lowest BCUT2D eigenvalue weighted by Crippen LogP contribution is -2.28. The van der Waals surface area contributed by atoms with Gasteiger partial charge in [0, 0.05) is 6.54 Å². The van der Waals surface area contributed by atoms with Gasteiger partial charge in [0.25, 0.3) is 0 Å². The van der Waals surface area contributed by atoms with E-state index >= 15 is 0 Å². The maximum atomic E-state index is 11.3. The van der Waals surface area contributed by atoms with Crippen molar-refractivity contribution in [1.82, 2.24) is 15.0 Å². The van der Waals surface area contributed by atoms with Crippen LogP contribution in [0.3, 0.4) is 0 Å². The Kier molecular flexibility index (Phi) is 3.35. The number of rotatable bonds is 3. The zero-order valence-corrected chi connectivity index (χ0v) is 10.4. The number of hydrogen-bond acceptors (Lipinski definition) is 6. The second-order valence-electron chi connectivity index (χ2n) is 4.22. The highest BCUT2D eigenvalue weighted by Gasteiger charge is 2.29. The van der Waals surface area contributed by atoms with E-state index < -0.39 is 15.8 Å². The molecule has 1 aromatic heterocycles. The molecule has 3 N–H and O–H groups in total. The molecule has 0 atom stereocenters. The van der Waals surface area contributed by atoms with Crippen LogP contribution in [-0.4, -0.2) is 46.0 Å². The summed E-state index contributed by atoms with van der Waals surface area (Å²) in [6.45, 7) is -0.00729. The van der Waals surface area contributed by atoms with E-state index in [1.807, 2.05) is 0 Å². The van der Waals surface area contributed by atoms with Crippen LogP contribution in [0.25, 0.3) is 0 Å². The Morgan fingerprint density at radius 2 is 2.06 bits per heavy atom. The Morgan fingerprint density at radius 3 is 2.56 bits per heavy atom. The minimum Gasteiger partial charge on any atom is -0.476 e. The molecule has 1 aliphatic rings. The molecule has 0 bridgehead atoms. The van der Waals surface area contributed by atoms with Gasteiger partial charge in [-0.1, -0.05) is 5.21 Å². The molecule has 18 heavy (non-hydrogen) atoms. The molecule has 0 aromatic carbocycles. The number of nitrogens with two attached hydrogens (primary N) is 1. The van der Waals surface area contributed by atoms with Gasteiger partial charge in [-0.05, 0) is 12.8 Å². The van der Waals surface area contributed by atoms with Crippen LogP contribution in [0.1, 0.15) is 35.1 Å². The second kappa shape index (κ2) is 4.65. The molecular formula is C9H14N4O4S. The summed E-state index contributed by atoms with van der Waals surface area (Å²) < 4.78 is 23.9. The van der Waals surface area contributed by atoms with E-state index in [2.05, 4.69) is 10.3 Å². The number of carbonyl (C=O) groups is 1. The molecule has 8 nitrogen and oxygen atoms in total. The van der Waals surface area contributed by atoms with Gasteiger partial charge in [0.05, 0.1) is 17.5 Å². The van der Waals surface area contributed by atoms with Gasteiger partial charge in [0.15, 0.2) is 5.69 Å². The van der Waals surface area contributed by atoms with Crippen molar-refractivity contribution in [3.63, 3.8) is 0 Å². The minimum absolute atomic E-state index is 0.00729. The van der Waals surface area contributed by atoms with Gasteiger partial charge < -0.3 is 10.8 Å². The van der Waals surface area contributed by atoms with E-state index in [-0.39, 0.29) is 35.5 Å². The Morgan fingerprint density at radius 1 is 1.44 bits per heavy atom. The molecule has 0 amide bonds. The molecule has 1 fully saturated rings. The number of hydrogen-bond donors (Lipinski definition) is 2. The van der Waals surface area contributed by atoms with Crippen LogP contribution in [0.2, 0.25) is 0 Å². The van der Waals surface area contributed by atoms with Gasteiger partial charge >= 0.3 is 5.97 Å². The van der Waals surface area contributed by atoms with Crippen molar-refractivity contribution in [2.24, 2.45) is 5.73 Å². The second-order valence-corrected chi connectivity index (χ2v) is 6.53. The summed E-state index contributed by atoms with van der Waals surface area (Å²) in [4.78, 5) is 11.2. The van der Waals surface area contributed by atoms with E-state index in [9.17, 15) is 13.2 Å². The number of aromatic carboxylic acids is 1. The van der Waals surface area contributed by atoms with E-state index in [0.717, 1.165) is 0 Å². The molecule has 0 radical (unpaired) electrons. The first-order valence-corrected chi connectivity index (χ1v) is 7.34. The molecule has 2 heterocycles. The summed E-state index contributed by atoms with van der Waals surface area (Å²) in [5, 5.41) is 16.6. The largest absolute Gasteiger partial charge is 0.476 e. The molecule has 1 aliphatic heterocycles.